The zero-order valence-corrected chi connectivity index (χ0v) is 14.1. The molecule has 0 fully saturated rings. The van der Waals surface area contributed by atoms with Crippen LogP contribution in [0.1, 0.15) is 15.2 Å². The molecule has 0 unspecified atom stereocenters. The number of anilines is 1. The van der Waals surface area contributed by atoms with E-state index in [9.17, 15) is 4.79 Å². The van der Waals surface area contributed by atoms with Crippen LogP contribution in [0.3, 0.4) is 0 Å². The first-order valence-electron chi connectivity index (χ1n) is 6.84. The molecule has 23 heavy (non-hydrogen) atoms. The fourth-order valence-electron chi connectivity index (χ4n) is 2.34. The molecule has 2 aromatic heterocycles. The number of carbonyl (C=O) groups is 1. The number of aryl methyl sites for hydroxylation is 1. The van der Waals surface area contributed by atoms with Crippen LogP contribution in [0.5, 0.6) is 11.5 Å². The maximum absolute atomic E-state index is 11.6. The van der Waals surface area contributed by atoms with Crippen LogP contribution in [0.2, 0.25) is 5.02 Å². The van der Waals surface area contributed by atoms with Crippen LogP contribution in [0, 0.1) is 6.92 Å². The lowest BCUT2D eigenvalue weighted by Gasteiger charge is -2.09. The van der Waals surface area contributed by atoms with Gasteiger partial charge in [-0.1, -0.05) is 11.6 Å². The molecule has 1 aromatic carbocycles. The molecule has 7 heteroatoms. The second kappa shape index (κ2) is 6.06. The van der Waals surface area contributed by atoms with E-state index in [-0.39, 0.29) is 0 Å². The smallest absolute Gasteiger partial charge is 0.259 e. The Bertz CT molecular complexity index is 890. The lowest BCUT2D eigenvalue weighted by Crippen LogP contribution is -2.09. The molecular formula is C16H14ClN3O2S. The van der Waals surface area contributed by atoms with Gasteiger partial charge < -0.3 is 15.8 Å². The van der Waals surface area contributed by atoms with Gasteiger partial charge in [0.2, 0.25) is 0 Å². The number of nitrogens with zero attached hydrogens (tertiary/aromatic N) is 1. The third-order valence-corrected chi connectivity index (χ3v) is 4.99. The van der Waals surface area contributed by atoms with Gasteiger partial charge in [-0.25, -0.2) is 4.98 Å². The van der Waals surface area contributed by atoms with Crippen molar-refractivity contribution in [3.05, 3.63) is 45.9 Å². The Morgan fingerprint density at radius 2 is 2.04 bits per heavy atom. The molecule has 0 aliphatic rings. The van der Waals surface area contributed by atoms with Crippen molar-refractivity contribution in [2.24, 2.45) is 5.73 Å². The molecule has 2 heterocycles. The average molecular weight is 348 g/mol. The van der Waals surface area contributed by atoms with Gasteiger partial charge in [-0.3, -0.25) is 4.79 Å². The van der Waals surface area contributed by atoms with Crippen molar-refractivity contribution in [3.63, 3.8) is 0 Å². The summed E-state index contributed by atoms with van der Waals surface area (Å²) in [7, 11) is 1.78. The van der Waals surface area contributed by atoms with Gasteiger partial charge in [0.15, 0.2) is 5.75 Å². The lowest BCUT2D eigenvalue weighted by atomic mass is 10.1. The van der Waals surface area contributed by atoms with Crippen molar-refractivity contribution in [3.8, 4) is 11.5 Å². The van der Waals surface area contributed by atoms with E-state index in [2.05, 4.69) is 10.3 Å². The van der Waals surface area contributed by atoms with E-state index in [1.807, 2.05) is 6.92 Å². The maximum Gasteiger partial charge on any atom is 0.259 e. The Kier molecular flexibility index (Phi) is 4.11. The third kappa shape index (κ3) is 2.83. The first-order chi connectivity index (χ1) is 11.0. The van der Waals surface area contributed by atoms with Gasteiger partial charge in [0, 0.05) is 17.5 Å². The summed E-state index contributed by atoms with van der Waals surface area (Å²) in [6.07, 6.45) is 1.63. The number of pyridine rings is 1. The maximum atomic E-state index is 11.6. The van der Waals surface area contributed by atoms with Gasteiger partial charge in [-0.05, 0) is 36.8 Å². The average Bonchev–Trinajstić information content (AvgIpc) is 2.88. The van der Waals surface area contributed by atoms with Crippen molar-refractivity contribution in [2.45, 2.75) is 6.92 Å². The molecule has 0 radical (unpaired) electrons. The summed E-state index contributed by atoms with van der Waals surface area (Å²) in [6.45, 7) is 1.85. The number of amides is 1. The quantitative estimate of drug-likeness (QED) is 0.741. The Labute approximate surface area is 142 Å². The molecule has 0 bridgehead atoms. The highest BCUT2D eigenvalue weighted by atomic mass is 35.5. The number of hydrogen-bond acceptors (Lipinski definition) is 5. The highest BCUT2D eigenvalue weighted by molar-refractivity contribution is 7.21. The molecule has 0 spiro atoms. The number of fused-ring (bicyclic) bond motifs is 1. The molecule has 3 rings (SSSR count). The van der Waals surface area contributed by atoms with Gasteiger partial charge in [0.05, 0.1) is 15.8 Å². The fourth-order valence-corrected chi connectivity index (χ4v) is 3.64. The monoisotopic (exact) mass is 347 g/mol. The fraction of sp³-hybridized carbons (Fsp3) is 0.125. The zero-order chi connectivity index (χ0) is 16.6. The van der Waals surface area contributed by atoms with Crippen molar-refractivity contribution < 1.29 is 9.53 Å². The molecule has 0 aliphatic carbocycles. The molecule has 0 saturated carbocycles. The number of primary amides is 1. The van der Waals surface area contributed by atoms with Crippen LogP contribution in [-0.4, -0.2) is 17.9 Å². The lowest BCUT2D eigenvalue weighted by molar-refractivity contribution is 0.100. The Morgan fingerprint density at radius 1 is 1.35 bits per heavy atom. The number of aromatic nitrogens is 1. The standard InChI is InChI=1S/C16H14ClN3O2S/c1-8-12-11(22-10-5-3-9(17)4-6-10)7-20-16(19-2)14(12)23-13(8)15(18)21/h3-7H,1-2H3,(H2,18,21)(H,19,20). The number of ether oxygens (including phenoxy) is 1. The van der Waals surface area contributed by atoms with Gasteiger partial charge in [-0.2, -0.15) is 0 Å². The van der Waals surface area contributed by atoms with Gasteiger partial charge in [0.1, 0.15) is 11.6 Å². The van der Waals surface area contributed by atoms with E-state index in [1.165, 1.54) is 11.3 Å². The van der Waals surface area contributed by atoms with Crippen LogP contribution in [0.15, 0.2) is 30.5 Å². The molecule has 1 amide bonds. The number of rotatable bonds is 4. The Balaban J connectivity index is 2.17. The summed E-state index contributed by atoms with van der Waals surface area (Å²) in [4.78, 5) is 16.5. The SMILES string of the molecule is CNc1ncc(Oc2ccc(Cl)cc2)c2c(C)c(C(N)=O)sc12. The van der Waals surface area contributed by atoms with Crippen molar-refractivity contribution in [1.82, 2.24) is 4.98 Å². The number of nitrogens with two attached hydrogens (primary N) is 1. The second-order valence-corrected chi connectivity index (χ2v) is 6.36. The van der Waals surface area contributed by atoms with E-state index in [1.54, 1.807) is 37.5 Å². The number of halogens is 1. The number of nitrogens with one attached hydrogen (secondary N) is 1. The van der Waals surface area contributed by atoms with Crippen molar-refractivity contribution in [2.75, 3.05) is 12.4 Å². The minimum absolute atomic E-state index is 0.455. The number of thiophene rings is 1. The molecular weight excluding hydrogens is 334 g/mol. The van der Waals surface area contributed by atoms with E-state index < -0.39 is 5.91 Å². The zero-order valence-electron chi connectivity index (χ0n) is 12.5. The number of hydrogen-bond donors (Lipinski definition) is 2. The van der Waals surface area contributed by atoms with Crippen LogP contribution in [0.25, 0.3) is 10.1 Å². The van der Waals surface area contributed by atoms with Crippen molar-refractivity contribution in [1.29, 1.82) is 0 Å². The third-order valence-electron chi connectivity index (χ3n) is 3.42. The van der Waals surface area contributed by atoms with Crippen LogP contribution in [0.4, 0.5) is 5.82 Å². The van der Waals surface area contributed by atoms with Gasteiger partial charge >= 0.3 is 0 Å². The van der Waals surface area contributed by atoms with Crippen molar-refractivity contribution >= 4 is 44.7 Å². The topological polar surface area (TPSA) is 77.2 Å². The van der Waals surface area contributed by atoms with E-state index in [0.29, 0.717) is 27.2 Å². The summed E-state index contributed by atoms with van der Waals surface area (Å²) in [5.74, 6) is 1.44. The van der Waals surface area contributed by atoms with Crippen LogP contribution < -0.4 is 15.8 Å². The minimum Gasteiger partial charge on any atom is -0.455 e. The Morgan fingerprint density at radius 3 is 2.65 bits per heavy atom. The predicted octanol–water partition coefficient (Wildman–Crippen LogP) is 4.19. The highest BCUT2D eigenvalue weighted by Gasteiger charge is 2.20. The normalized spacial score (nSPS) is 10.7. The first kappa shape index (κ1) is 15.6. The molecule has 3 N–H and O–H groups in total. The largest absolute Gasteiger partial charge is 0.455 e. The van der Waals surface area contributed by atoms with Gasteiger partial charge in [0.25, 0.3) is 5.91 Å². The molecule has 118 valence electrons. The summed E-state index contributed by atoms with van der Waals surface area (Å²) >= 11 is 7.20. The molecule has 0 saturated heterocycles. The molecule has 3 aromatic rings. The molecule has 5 nitrogen and oxygen atoms in total. The van der Waals surface area contributed by atoms with Gasteiger partial charge in [-0.15, -0.1) is 11.3 Å². The molecule has 0 aliphatic heterocycles. The predicted molar refractivity (Wildman–Crippen MR) is 93.9 cm³/mol. The summed E-state index contributed by atoms with van der Waals surface area (Å²) in [5, 5.41) is 4.49. The highest BCUT2D eigenvalue weighted by Crippen LogP contribution is 2.41. The van der Waals surface area contributed by atoms with Crippen LogP contribution >= 0.6 is 22.9 Å². The second-order valence-electron chi connectivity index (χ2n) is 4.90. The summed E-state index contributed by atoms with van der Waals surface area (Å²) < 4.78 is 6.76. The summed E-state index contributed by atoms with van der Waals surface area (Å²) in [6, 6.07) is 7.05. The van der Waals surface area contributed by atoms with E-state index in [0.717, 1.165) is 15.6 Å². The van der Waals surface area contributed by atoms with E-state index >= 15 is 0 Å². The minimum atomic E-state index is -0.455. The molecule has 0 atom stereocenters. The summed E-state index contributed by atoms with van der Waals surface area (Å²) in [5.41, 5.74) is 6.26. The first-order valence-corrected chi connectivity index (χ1v) is 8.03. The number of benzene rings is 1. The number of carbonyl (C=O) groups excluding carboxylic acids is 1. The van der Waals surface area contributed by atoms with Crippen LogP contribution in [-0.2, 0) is 0 Å². The van der Waals surface area contributed by atoms with E-state index in [4.69, 9.17) is 22.1 Å². The Hall–Kier alpha value is -2.31.